The number of aliphatic hydroxyl groups excluding tert-OH is 2. The number of benzene rings is 2. The molecule has 216 valence electrons. The van der Waals surface area contributed by atoms with E-state index in [9.17, 15) is 18.6 Å². The second-order valence-electron chi connectivity index (χ2n) is 9.28. The summed E-state index contributed by atoms with van der Waals surface area (Å²) in [5.41, 5.74) is 1.75. The predicted molar refractivity (Wildman–Crippen MR) is 153 cm³/mol. The van der Waals surface area contributed by atoms with Crippen molar-refractivity contribution in [2.24, 2.45) is 0 Å². The van der Waals surface area contributed by atoms with Crippen molar-refractivity contribution in [2.45, 2.75) is 35.1 Å². The van der Waals surface area contributed by atoms with Crippen LogP contribution in [0.5, 0.6) is 11.5 Å². The van der Waals surface area contributed by atoms with Crippen LogP contribution in [0.3, 0.4) is 0 Å². The number of ether oxygens (including phenoxy) is 2. The summed E-state index contributed by atoms with van der Waals surface area (Å²) >= 11 is 0. The lowest BCUT2D eigenvalue weighted by Crippen LogP contribution is -2.31. The monoisotopic (exact) mass is 578 g/mol. The summed E-state index contributed by atoms with van der Waals surface area (Å²) in [6.45, 7) is 1.82. The SMILES string of the molecule is O=S(=O)(c1ccc(OCC(O)CNCc2ccccn2)cc1)c1ccc(OCC(O)CNCc2ccccn2)cc1. The quantitative estimate of drug-likeness (QED) is 0.156. The Morgan fingerprint density at radius 1 is 0.634 bits per heavy atom. The normalized spacial score (nSPS) is 12.9. The molecule has 2 aromatic heterocycles. The number of sulfone groups is 1. The minimum Gasteiger partial charge on any atom is -0.491 e. The highest BCUT2D eigenvalue weighted by atomic mass is 32.2. The first kappa shape index (κ1) is 30.1. The molecule has 4 N–H and O–H groups in total. The van der Waals surface area contributed by atoms with Gasteiger partial charge < -0.3 is 30.3 Å². The second kappa shape index (κ2) is 15.2. The Hall–Kier alpha value is -3.87. The van der Waals surface area contributed by atoms with Crippen molar-refractivity contribution in [3.05, 3.63) is 109 Å². The van der Waals surface area contributed by atoms with Crippen LogP contribution in [-0.4, -0.2) is 67.1 Å². The highest BCUT2D eigenvalue weighted by Gasteiger charge is 2.18. The molecule has 0 spiro atoms. The molecule has 0 aliphatic rings. The van der Waals surface area contributed by atoms with Gasteiger partial charge in [-0.15, -0.1) is 0 Å². The molecule has 0 radical (unpaired) electrons. The van der Waals surface area contributed by atoms with Crippen LogP contribution >= 0.6 is 0 Å². The van der Waals surface area contributed by atoms with Crippen LogP contribution in [0.15, 0.2) is 107 Å². The number of hydrogen-bond donors (Lipinski definition) is 4. The Labute approximate surface area is 240 Å². The Kier molecular flexibility index (Phi) is 11.2. The van der Waals surface area contributed by atoms with Crippen LogP contribution in [0.2, 0.25) is 0 Å². The van der Waals surface area contributed by atoms with Gasteiger partial charge in [-0.3, -0.25) is 9.97 Å². The highest BCUT2D eigenvalue weighted by Crippen LogP contribution is 2.25. The average Bonchev–Trinajstić information content (AvgIpc) is 3.00. The molecule has 0 aliphatic heterocycles. The summed E-state index contributed by atoms with van der Waals surface area (Å²) in [5, 5.41) is 26.6. The van der Waals surface area contributed by atoms with E-state index < -0.39 is 22.0 Å². The minimum absolute atomic E-state index is 0.0533. The van der Waals surface area contributed by atoms with Gasteiger partial charge in [-0.2, -0.15) is 0 Å². The summed E-state index contributed by atoms with van der Waals surface area (Å²) in [6.07, 6.45) is 1.94. The zero-order valence-corrected chi connectivity index (χ0v) is 23.3. The van der Waals surface area contributed by atoms with E-state index in [1.165, 1.54) is 24.3 Å². The van der Waals surface area contributed by atoms with E-state index in [2.05, 4.69) is 20.6 Å². The van der Waals surface area contributed by atoms with Crippen molar-refractivity contribution in [1.82, 2.24) is 20.6 Å². The summed E-state index contributed by atoms with van der Waals surface area (Å²) in [6, 6.07) is 23.4. The molecule has 0 aliphatic carbocycles. The largest absolute Gasteiger partial charge is 0.491 e. The first-order valence-corrected chi connectivity index (χ1v) is 14.7. The van der Waals surface area contributed by atoms with Gasteiger partial charge in [-0.1, -0.05) is 12.1 Å². The fourth-order valence-electron chi connectivity index (χ4n) is 3.81. The number of rotatable bonds is 16. The average molecular weight is 579 g/mol. The van der Waals surface area contributed by atoms with E-state index in [0.29, 0.717) is 37.7 Å². The van der Waals surface area contributed by atoms with E-state index in [4.69, 9.17) is 9.47 Å². The third-order valence-corrected chi connectivity index (χ3v) is 7.76. The summed E-state index contributed by atoms with van der Waals surface area (Å²) in [4.78, 5) is 8.65. The molecule has 2 unspecified atom stereocenters. The Bertz CT molecular complexity index is 1320. The predicted octanol–water partition coefficient (Wildman–Crippen LogP) is 2.37. The number of nitrogens with zero attached hydrogens (tertiary/aromatic N) is 2. The van der Waals surface area contributed by atoms with Crippen LogP contribution in [0.25, 0.3) is 0 Å². The maximum atomic E-state index is 13.1. The molecular weight excluding hydrogens is 544 g/mol. The summed E-state index contributed by atoms with van der Waals surface area (Å²) < 4.78 is 37.4. The van der Waals surface area contributed by atoms with Crippen LogP contribution in [0.1, 0.15) is 11.4 Å². The van der Waals surface area contributed by atoms with Crippen molar-refractivity contribution in [2.75, 3.05) is 26.3 Å². The van der Waals surface area contributed by atoms with Crippen molar-refractivity contribution >= 4 is 9.84 Å². The zero-order chi connectivity index (χ0) is 28.9. The molecule has 0 fully saturated rings. The maximum Gasteiger partial charge on any atom is 0.206 e. The van der Waals surface area contributed by atoms with Gasteiger partial charge in [-0.25, -0.2) is 8.42 Å². The third-order valence-electron chi connectivity index (χ3n) is 5.98. The molecule has 0 amide bonds. The number of aromatic nitrogens is 2. The topological polar surface area (TPSA) is 143 Å². The molecule has 2 aromatic carbocycles. The Morgan fingerprint density at radius 3 is 1.41 bits per heavy atom. The molecule has 0 saturated carbocycles. The van der Waals surface area contributed by atoms with Crippen LogP contribution in [0, 0.1) is 0 Å². The number of nitrogens with one attached hydrogen (secondary N) is 2. The van der Waals surface area contributed by atoms with Gasteiger partial charge in [0.15, 0.2) is 0 Å². The molecule has 4 rings (SSSR count). The van der Waals surface area contributed by atoms with Crippen LogP contribution in [0.4, 0.5) is 0 Å². The lowest BCUT2D eigenvalue weighted by atomic mass is 10.3. The standard InChI is InChI=1S/C30H34N4O6S/c35-25(19-31-17-23-5-1-3-15-33-23)21-39-27-7-11-29(12-8-27)41(37,38)30-13-9-28(10-14-30)40-22-26(36)20-32-18-24-6-2-4-16-34-24/h1-16,25-26,31-32,35-36H,17-22H2. The summed E-state index contributed by atoms with van der Waals surface area (Å²) in [5.74, 6) is 0.897. The lowest BCUT2D eigenvalue weighted by Gasteiger charge is -2.14. The first-order chi connectivity index (χ1) is 19.9. The second-order valence-corrected chi connectivity index (χ2v) is 11.2. The van der Waals surface area contributed by atoms with E-state index in [1.807, 2.05) is 36.4 Å². The molecular formula is C30H34N4O6S. The third kappa shape index (κ3) is 9.62. The number of hydrogen-bond acceptors (Lipinski definition) is 10. The van der Waals surface area contributed by atoms with Crippen molar-refractivity contribution in [1.29, 1.82) is 0 Å². The van der Waals surface area contributed by atoms with Crippen molar-refractivity contribution in [3.63, 3.8) is 0 Å². The molecule has 0 saturated heterocycles. The Morgan fingerprint density at radius 2 is 1.05 bits per heavy atom. The van der Waals surface area contributed by atoms with Crippen molar-refractivity contribution in [3.8, 4) is 11.5 Å². The molecule has 2 atom stereocenters. The smallest absolute Gasteiger partial charge is 0.206 e. The molecule has 0 bridgehead atoms. The van der Waals surface area contributed by atoms with E-state index in [0.717, 1.165) is 11.4 Å². The first-order valence-electron chi connectivity index (χ1n) is 13.2. The van der Waals surface area contributed by atoms with E-state index in [-0.39, 0.29) is 23.0 Å². The van der Waals surface area contributed by atoms with E-state index >= 15 is 0 Å². The highest BCUT2D eigenvalue weighted by molar-refractivity contribution is 7.91. The molecule has 41 heavy (non-hydrogen) atoms. The fourth-order valence-corrected chi connectivity index (χ4v) is 5.07. The molecule has 2 heterocycles. The van der Waals surface area contributed by atoms with Gasteiger partial charge >= 0.3 is 0 Å². The fraction of sp³-hybridized carbons (Fsp3) is 0.267. The van der Waals surface area contributed by atoms with E-state index in [1.54, 1.807) is 36.7 Å². The van der Waals surface area contributed by atoms with Crippen molar-refractivity contribution < 1.29 is 28.1 Å². The maximum absolute atomic E-state index is 13.1. The van der Waals surface area contributed by atoms with Crippen LogP contribution in [-0.2, 0) is 22.9 Å². The number of pyridine rings is 2. The molecule has 10 nitrogen and oxygen atoms in total. The zero-order valence-electron chi connectivity index (χ0n) is 22.5. The summed E-state index contributed by atoms with van der Waals surface area (Å²) in [7, 11) is -3.75. The van der Waals surface area contributed by atoms with Gasteiger partial charge in [0.05, 0.1) is 21.2 Å². The molecule has 4 aromatic rings. The van der Waals surface area contributed by atoms with Gasteiger partial charge in [-0.05, 0) is 72.8 Å². The lowest BCUT2D eigenvalue weighted by molar-refractivity contribution is 0.106. The van der Waals surface area contributed by atoms with Gasteiger partial charge in [0.2, 0.25) is 9.84 Å². The van der Waals surface area contributed by atoms with Gasteiger partial charge in [0, 0.05) is 38.6 Å². The van der Waals surface area contributed by atoms with Gasteiger partial charge in [0.1, 0.15) is 36.9 Å². The number of aliphatic hydroxyl groups is 2. The molecule has 11 heteroatoms. The Balaban J connectivity index is 1.20. The van der Waals surface area contributed by atoms with Crippen LogP contribution < -0.4 is 20.1 Å². The minimum atomic E-state index is -3.75. The van der Waals surface area contributed by atoms with Gasteiger partial charge in [0.25, 0.3) is 0 Å².